The predicted octanol–water partition coefficient (Wildman–Crippen LogP) is 2.74. The Balaban J connectivity index is 1.35. The number of benzene rings is 2. The largest absolute Gasteiger partial charge is 0.507 e. The summed E-state index contributed by atoms with van der Waals surface area (Å²) in [6.07, 6.45) is 4.83. The van der Waals surface area contributed by atoms with Crippen molar-refractivity contribution in [1.82, 2.24) is 0 Å². The van der Waals surface area contributed by atoms with Crippen LogP contribution in [0.2, 0.25) is 0 Å². The van der Waals surface area contributed by atoms with E-state index in [1.54, 1.807) is 30.3 Å². The number of hydrogen-bond donors (Lipinski definition) is 1. The molecule has 3 aliphatic rings. The normalized spacial score (nSPS) is 25.7. The molecule has 7 nitrogen and oxygen atoms in total. The molecule has 0 radical (unpaired) electrons. The van der Waals surface area contributed by atoms with Gasteiger partial charge in [-0.05, 0) is 36.5 Å². The van der Waals surface area contributed by atoms with Gasteiger partial charge in [-0.2, -0.15) is 0 Å². The maximum Gasteiger partial charge on any atom is 0.342 e. The molecule has 1 aliphatic heterocycles. The summed E-state index contributed by atoms with van der Waals surface area (Å²) in [6, 6.07) is 12.3. The number of Topliss-reactive ketones (excluding diaryl/α,β-unsaturated/α-hetero) is 1. The molecule has 156 valence electrons. The topological polar surface area (TPSA) is 101 Å². The van der Waals surface area contributed by atoms with Crippen molar-refractivity contribution in [3.63, 3.8) is 0 Å². The van der Waals surface area contributed by atoms with Crippen molar-refractivity contribution < 1.29 is 29.0 Å². The monoisotopic (exact) mass is 417 g/mol. The zero-order valence-corrected chi connectivity index (χ0v) is 16.4. The van der Waals surface area contributed by atoms with E-state index in [2.05, 4.69) is 0 Å². The summed E-state index contributed by atoms with van der Waals surface area (Å²) in [4.78, 5) is 51.7. The summed E-state index contributed by atoms with van der Waals surface area (Å²) in [7, 11) is 0. The molecule has 0 unspecified atom stereocenters. The molecule has 0 spiro atoms. The maximum absolute atomic E-state index is 13.0. The summed E-state index contributed by atoms with van der Waals surface area (Å²) in [5.41, 5.74) is 0.399. The Labute approximate surface area is 177 Å². The minimum absolute atomic E-state index is 0.0713. The summed E-state index contributed by atoms with van der Waals surface area (Å²) in [5.74, 6) is -2.81. The number of rotatable bonds is 5. The number of allylic oxidation sites excluding steroid dienone is 2. The summed E-state index contributed by atoms with van der Waals surface area (Å²) < 4.78 is 5.07. The number of fused-ring (bicyclic) bond motifs is 5. The number of amides is 2. The Morgan fingerprint density at radius 3 is 2.26 bits per heavy atom. The maximum atomic E-state index is 13.0. The molecule has 7 heteroatoms. The second-order valence-electron chi connectivity index (χ2n) is 8.08. The lowest BCUT2D eigenvalue weighted by molar-refractivity contribution is -0.123. The average molecular weight is 417 g/mol. The number of carbonyl (C=O) groups is 4. The van der Waals surface area contributed by atoms with Crippen LogP contribution in [0, 0.1) is 23.7 Å². The van der Waals surface area contributed by atoms with E-state index in [9.17, 15) is 24.3 Å². The van der Waals surface area contributed by atoms with E-state index < -0.39 is 12.6 Å². The molecule has 2 fully saturated rings. The number of aromatic hydroxyl groups is 1. The molecule has 1 N–H and O–H groups in total. The lowest BCUT2D eigenvalue weighted by Crippen LogP contribution is -2.33. The lowest BCUT2D eigenvalue weighted by atomic mass is 9.85. The van der Waals surface area contributed by atoms with Crippen LogP contribution in [0.4, 0.5) is 5.69 Å². The Bertz CT molecular complexity index is 1110. The van der Waals surface area contributed by atoms with Crippen molar-refractivity contribution in [2.75, 3.05) is 11.5 Å². The first-order chi connectivity index (χ1) is 15.0. The molecule has 2 amide bonds. The molecular formula is C24H19NO6. The van der Waals surface area contributed by atoms with Gasteiger partial charge < -0.3 is 9.84 Å². The van der Waals surface area contributed by atoms with E-state index in [-0.39, 0.29) is 58.3 Å². The highest BCUT2D eigenvalue weighted by Crippen LogP contribution is 2.53. The zero-order chi connectivity index (χ0) is 21.7. The summed E-state index contributed by atoms with van der Waals surface area (Å²) >= 11 is 0. The standard InChI is InChI=1S/C24H19NO6/c26-18-9-8-16(25-22(28)20-14-6-7-15(10-14)21(20)23(25)29)11-17(18)24(30)31-12-19(27)13-4-2-1-3-5-13/h1-9,11,14-15,20-21,26H,10,12H2/t14-,15-,20-,21-/m0/s1. The number of nitrogens with zero attached hydrogens (tertiary/aromatic N) is 1. The first-order valence-corrected chi connectivity index (χ1v) is 10.1. The Hall–Kier alpha value is -3.74. The van der Waals surface area contributed by atoms with Gasteiger partial charge in [0.25, 0.3) is 0 Å². The van der Waals surface area contributed by atoms with Gasteiger partial charge in [0.05, 0.1) is 17.5 Å². The fraction of sp³-hybridized carbons (Fsp3) is 0.250. The third-order valence-electron chi connectivity index (χ3n) is 6.36. The van der Waals surface area contributed by atoms with Gasteiger partial charge in [0.2, 0.25) is 11.8 Å². The van der Waals surface area contributed by atoms with E-state index in [0.29, 0.717) is 5.56 Å². The Kier molecular flexibility index (Phi) is 4.46. The van der Waals surface area contributed by atoms with Crippen LogP contribution in [-0.2, 0) is 14.3 Å². The van der Waals surface area contributed by atoms with Crippen LogP contribution in [0.15, 0.2) is 60.7 Å². The van der Waals surface area contributed by atoms with Crippen molar-refractivity contribution in [3.05, 3.63) is 71.8 Å². The molecule has 4 atom stereocenters. The molecule has 2 bridgehead atoms. The molecule has 1 heterocycles. The van der Waals surface area contributed by atoms with Gasteiger partial charge in [0, 0.05) is 5.56 Å². The van der Waals surface area contributed by atoms with E-state index >= 15 is 0 Å². The van der Waals surface area contributed by atoms with Gasteiger partial charge in [-0.3, -0.25) is 14.4 Å². The van der Waals surface area contributed by atoms with E-state index in [0.717, 1.165) is 11.3 Å². The first kappa shape index (κ1) is 19.2. The smallest absolute Gasteiger partial charge is 0.342 e. The number of ketones is 1. The Morgan fingerprint density at radius 2 is 1.61 bits per heavy atom. The lowest BCUT2D eigenvalue weighted by Gasteiger charge is -2.18. The van der Waals surface area contributed by atoms with Gasteiger partial charge in [0.1, 0.15) is 11.3 Å². The van der Waals surface area contributed by atoms with Crippen molar-refractivity contribution >= 4 is 29.3 Å². The molecule has 1 saturated carbocycles. The van der Waals surface area contributed by atoms with Crippen LogP contribution >= 0.6 is 0 Å². The third-order valence-corrected chi connectivity index (χ3v) is 6.36. The molecule has 2 aromatic rings. The first-order valence-electron chi connectivity index (χ1n) is 10.1. The average Bonchev–Trinajstić information content (AvgIpc) is 3.47. The van der Waals surface area contributed by atoms with Crippen LogP contribution < -0.4 is 4.90 Å². The Morgan fingerprint density at radius 1 is 0.968 bits per heavy atom. The number of esters is 1. The molecule has 31 heavy (non-hydrogen) atoms. The quantitative estimate of drug-likeness (QED) is 0.347. The second-order valence-corrected chi connectivity index (χ2v) is 8.08. The second kappa shape index (κ2) is 7.19. The highest BCUT2D eigenvalue weighted by atomic mass is 16.5. The highest BCUT2D eigenvalue weighted by molar-refractivity contribution is 6.23. The highest BCUT2D eigenvalue weighted by Gasteiger charge is 2.59. The van der Waals surface area contributed by atoms with E-state index in [1.807, 2.05) is 12.2 Å². The van der Waals surface area contributed by atoms with Crippen LogP contribution in [0.1, 0.15) is 27.1 Å². The zero-order valence-electron chi connectivity index (χ0n) is 16.4. The molecule has 5 rings (SSSR count). The van der Waals surface area contributed by atoms with Gasteiger partial charge >= 0.3 is 5.97 Å². The summed E-state index contributed by atoms with van der Waals surface area (Å²) in [5, 5.41) is 10.1. The minimum atomic E-state index is -0.912. The van der Waals surface area contributed by atoms with E-state index in [1.165, 1.54) is 18.2 Å². The number of anilines is 1. The number of phenols is 1. The fourth-order valence-corrected chi connectivity index (χ4v) is 4.90. The van der Waals surface area contributed by atoms with Gasteiger partial charge in [-0.1, -0.05) is 42.5 Å². The predicted molar refractivity (Wildman–Crippen MR) is 109 cm³/mol. The van der Waals surface area contributed by atoms with Crippen LogP contribution in [-0.4, -0.2) is 35.3 Å². The van der Waals surface area contributed by atoms with Crippen LogP contribution in [0.5, 0.6) is 5.75 Å². The van der Waals surface area contributed by atoms with Gasteiger partial charge in [0.15, 0.2) is 12.4 Å². The van der Waals surface area contributed by atoms with Crippen LogP contribution in [0.3, 0.4) is 0 Å². The number of carbonyl (C=O) groups excluding carboxylic acids is 4. The van der Waals surface area contributed by atoms with Crippen molar-refractivity contribution in [1.29, 1.82) is 0 Å². The molecule has 2 aromatic carbocycles. The molecule has 2 aliphatic carbocycles. The minimum Gasteiger partial charge on any atom is -0.507 e. The fourth-order valence-electron chi connectivity index (χ4n) is 4.90. The van der Waals surface area contributed by atoms with Crippen molar-refractivity contribution in [2.24, 2.45) is 23.7 Å². The molecular weight excluding hydrogens is 398 g/mol. The SMILES string of the molecule is O=C(COC(=O)c1cc(N2C(=O)[C@@H]3[C@@H](C2=O)[C@H]2C=C[C@H]3C2)ccc1O)c1ccccc1. The van der Waals surface area contributed by atoms with Crippen molar-refractivity contribution in [3.8, 4) is 5.75 Å². The number of imide groups is 1. The van der Waals surface area contributed by atoms with Gasteiger partial charge in [-0.25, -0.2) is 9.69 Å². The van der Waals surface area contributed by atoms with Gasteiger partial charge in [-0.15, -0.1) is 0 Å². The number of ether oxygens (including phenoxy) is 1. The van der Waals surface area contributed by atoms with E-state index in [4.69, 9.17) is 4.74 Å². The van der Waals surface area contributed by atoms with Crippen molar-refractivity contribution in [2.45, 2.75) is 6.42 Å². The number of hydrogen-bond acceptors (Lipinski definition) is 6. The molecule has 0 aromatic heterocycles. The van der Waals surface area contributed by atoms with Crippen LogP contribution in [0.25, 0.3) is 0 Å². The summed E-state index contributed by atoms with van der Waals surface area (Å²) in [6.45, 7) is -0.493. The number of phenolic OH excluding ortho intramolecular Hbond substituents is 1. The molecule has 1 saturated heterocycles. The third kappa shape index (κ3) is 3.04.